The van der Waals surface area contributed by atoms with E-state index in [1.807, 2.05) is 0 Å². The molecule has 0 amide bonds. The molecule has 0 unspecified atom stereocenters. The Bertz CT molecular complexity index is 1290. The number of benzene rings is 4. The summed E-state index contributed by atoms with van der Waals surface area (Å²) in [5, 5.41) is 2.57. The Kier molecular flexibility index (Phi) is 8.00. The van der Waals surface area contributed by atoms with Gasteiger partial charge in [-0.3, -0.25) is 0 Å². The van der Waals surface area contributed by atoms with Gasteiger partial charge >= 0.3 is 0 Å². The van der Waals surface area contributed by atoms with Crippen molar-refractivity contribution in [3.63, 3.8) is 0 Å². The highest BCUT2D eigenvalue weighted by Gasteiger charge is 2.20. The van der Waals surface area contributed by atoms with Crippen LogP contribution in [0.4, 0.5) is 11.4 Å². The van der Waals surface area contributed by atoms with Crippen molar-refractivity contribution in [2.75, 3.05) is 38.7 Å². The Morgan fingerprint density at radius 2 is 1.56 bits per heavy atom. The summed E-state index contributed by atoms with van der Waals surface area (Å²) < 4.78 is 6.11. The number of fused-ring (bicyclic) bond motifs is 3. The molecule has 0 aromatic heterocycles. The van der Waals surface area contributed by atoms with E-state index in [0.717, 1.165) is 51.8 Å². The van der Waals surface area contributed by atoms with Crippen molar-refractivity contribution in [1.82, 2.24) is 4.90 Å². The summed E-state index contributed by atoms with van der Waals surface area (Å²) in [6.45, 7) is 3.58. The first-order valence-corrected chi connectivity index (χ1v) is 13.4. The number of hydrogen-bond acceptors (Lipinski definition) is 3. The predicted octanol–water partition coefficient (Wildman–Crippen LogP) is 7.18. The van der Waals surface area contributed by atoms with Gasteiger partial charge in [0.1, 0.15) is 0 Å². The first-order chi connectivity index (χ1) is 17.7. The van der Waals surface area contributed by atoms with E-state index in [2.05, 4.69) is 109 Å². The van der Waals surface area contributed by atoms with E-state index in [4.69, 9.17) is 4.74 Å². The average Bonchev–Trinajstić information content (AvgIpc) is 3.05. The Morgan fingerprint density at radius 3 is 2.44 bits per heavy atom. The summed E-state index contributed by atoms with van der Waals surface area (Å²) in [4.78, 5) is 4.85. The van der Waals surface area contributed by atoms with Gasteiger partial charge in [0, 0.05) is 24.5 Å². The molecule has 0 aliphatic carbocycles. The lowest BCUT2D eigenvalue weighted by molar-refractivity contribution is 0.119. The smallest absolute Gasteiger partial charge is 0.0722 e. The molecule has 3 nitrogen and oxygen atoms in total. The highest BCUT2D eigenvalue weighted by molar-refractivity contribution is 5.85. The van der Waals surface area contributed by atoms with Gasteiger partial charge in [0.05, 0.1) is 6.61 Å². The lowest BCUT2D eigenvalue weighted by Gasteiger charge is -2.28. The summed E-state index contributed by atoms with van der Waals surface area (Å²) >= 11 is 0. The summed E-state index contributed by atoms with van der Waals surface area (Å²) in [5.74, 6) is 0. The highest BCUT2D eigenvalue weighted by atomic mass is 16.5. The molecule has 0 N–H and O–H groups in total. The van der Waals surface area contributed by atoms with Gasteiger partial charge in [0.2, 0.25) is 0 Å². The number of nitrogens with zero attached hydrogens (tertiary/aromatic N) is 2. The van der Waals surface area contributed by atoms with Crippen LogP contribution in [0.5, 0.6) is 0 Å². The first kappa shape index (κ1) is 24.5. The van der Waals surface area contributed by atoms with Crippen LogP contribution in [0.1, 0.15) is 35.1 Å². The third-order valence-corrected chi connectivity index (χ3v) is 7.27. The van der Waals surface area contributed by atoms with Crippen LogP contribution >= 0.6 is 0 Å². The molecule has 4 aromatic carbocycles. The third-order valence-electron chi connectivity index (χ3n) is 7.27. The number of rotatable bonds is 10. The zero-order valence-corrected chi connectivity index (χ0v) is 21.7. The molecule has 0 spiro atoms. The number of aryl methyl sites for hydroxylation is 3. The van der Waals surface area contributed by atoms with Gasteiger partial charge in [-0.25, -0.2) is 0 Å². The molecule has 3 heteroatoms. The standard InChI is InChI=1S/C33H38N2O/c1-34(2)21-9-22-35-32-16-6-4-12-28(32)19-20-29-18-17-26(24-33(29)35)10-8-23-36-25-30-14-7-13-27-11-3-5-15-31(27)30/h3-7,11-18,24H,8-10,19-23,25H2,1-2H3. The Morgan fingerprint density at radius 1 is 0.778 bits per heavy atom. The van der Waals surface area contributed by atoms with Crippen LogP contribution in [0, 0.1) is 0 Å². The Hall–Kier alpha value is -3.14. The van der Waals surface area contributed by atoms with Crippen molar-refractivity contribution in [2.45, 2.75) is 38.7 Å². The first-order valence-electron chi connectivity index (χ1n) is 13.4. The van der Waals surface area contributed by atoms with Crippen molar-refractivity contribution in [3.8, 4) is 0 Å². The zero-order chi connectivity index (χ0) is 24.7. The average molecular weight is 479 g/mol. The quantitative estimate of drug-likeness (QED) is 0.225. The number of ether oxygens (including phenoxy) is 1. The van der Waals surface area contributed by atoms with Crippen LogP contribution in [-0.2, 0) is 30.6 Å². The summed E-state index contributed by atoms with van der Waals surface area (Å²) in [6.07, 6.45) is 5.42. The fourth-order valence-corrected chi connectivity index (χ4v) is 5.38. The van der Waals surface area contributed by atoms with E-state index < -0.39 is 0 Å². The second kappa shape index (κ2) is 11.7. The van der Waals surface area contributed by atoms with Crippen molar-refractivity contribution in [3.05, 3.63) is 107 Å². The fraction of sp³-hybridized carbons (Fsp3) is 0.333. The Labute approximate surface area is 216 Å². The van der Waals surface area contributed by atoms with E-state index in [1.165, 1.54) is 44.4 Å². The lowest BCUT2D eigenvalue weighted by Crippen LogP contribution is -2.24. The maximum absolute atomic E-state index is 6.11. The number of para-hydroxylation sites is 1. The van der Waals surface area contributed by atoms with E-state index in [1.54, 1.807) is 0 Å². The lowest BCUT2D eigenvalue weighted by atomic mass is 10.0. The normalized spacial score (nSPS) is 13.0. The summed E-state index contributed by atoms with van der Waals surface area (Å²) in [7, 11) is 4.32. The van der Waals surface area contributed by atoms with Gasteiger partial charge in [-0.05, 0) is 97.9 Å². The third kappa shape index (κ3) is 5.80. The molecule has 0 fully saturated rings. The predicted molar refractivity (Wildman–Crippen MR) is 152 cm³/mol. The molecule has 0 radical (unpaired) electrons. The van der Waals surface area contributed by atoms with E-state index in [-0.39, 0.29) is 0 Å². The van der Waals surface area contributed by atoms with Crippen LogP contribution < -0.4 is 4.90 Å². The minimum absolute atomic E-state index is 0.669. The second-order valence-electron chi connectivity index (χ2n) is 10.2. The van der Waals surface area contributed by atoms with Crippen LogP contribution in [0.15, 0.2) is 84.9 Å². The topological polar surface area (TPSA) is 15.7 Å². The van der Waals surface area contributed by atoms with E-state index in [9.17, 15) is 0 Å². The van der Waals surface area contributed by atoms with Gasteiger partial charge in [0.15, 0.2) is 0 Å². The molecule has 1 aliphatic rings. The number of anilines is 2. The summed E-state index contributed by atoms with van der Waals surface area (Å²) in [6, 6.07) is 31.1. The molecule has 186 valence electrons. The fourth-order valence-electron chi connectivity index (χ4n) is 5.38. The highest BCUT2D eigenvalue weighted by Crippen LogP contribution is 2.37. The maximum atomic E-state index is 6.11. The van der Waals surface area contributed by atoms with Crippen molar-refractivity contribution >= 4 is 22.1 Å². The molecule has 0 bridgehead atoms. The molecule has 0 saturated carbocycles. The van der Waals surface area contributed by atoms with E-state index in [0.29, 0.717) is 6.61 Å². The zero-order valence-electron chi connectivity index (χ0n) is 21.7. The molecule has 36 heavy (non-hydrogen) atoms. The minimum Gasteiger partial charge on any atom is -0.377 e. The monoisotopic (exact) mass is 478 g/mol. The van der Waals surface area contributed by atoms with Crippen molar-refractivity contribution in [1.29, 1.82) is 0 Å². The van der Waals surface area contributed by atoms with E-state index >= 15 is 0 Å². The molecule has 1 heterocycles. The van der Waals surface area contributed by atoms with Crippen LogP contribution in [-0.4, -0.2) is 38.7 Å². The van der Waals surface area contributed by atoms with Crippen LogP contribution in [0.25, 0.3) is 10.8 Å². The van der Waals surface area contributed by atoms with Gasteiger partial charge < -0.3 is 14.5 Å². The molecule has 1 aliphatic heterocycles. The van der Waals surface area contributed by atoms with Gasteiger partial charge in [0.25, 0.3) is 0 Å². The van der Waals surface area contributed by atoms with Crippen molar-refractivity contribution < 1.29 is 4.74 Å². The van der Waals surface area contributed by atoms with Crippen molar-refractivity contribution in [2.24, 2.45) is 0 Å². The molecule has 0 saturated heterocycles. The molecular formula is C33H38N2O. The molecule has 0 atom stereocenters. The molecule has 4 aromatic rings. The largest absolute Gasteiger partial charge is 0.377 e. The SMILES string of the molecule is CN(C)CCCN1c2ccccc2CCc2ccc(CCCOCc3cccc4ccccc34)cc21. The van der Waals surface area contributed by atoms with Gasteiger partial charge in [-0.2, -0.15) is 0 Å². The van der Waals surface area contributed by atoms with Gasteiger partial charge in [-0.15, -0.1) is 0 Å². The van der Waals surface area contributed by atoms with Crippen LogP contribution in [0.3, 0.4) is 0 Å². The van der Waals surface area contributed by atoms with Gasteiger partial charge in [-0.1, -0.05) is 72.8 Å². The minimum atomic E-state index is 0.669. The molecular weight excluding hydrogens is 440 g/mol. The number of hydrogen-bond donors (Lipinski definition) is 0. The Balaban J connectivity index is 1.24. The maximum Gasteiger partial charge on any atom is 0.0722 e. The van der Waals surface area contributed by atoms with Crippen LogP contribution in [0.2, 0.25) is 0 Å². The second-order valence-corrected chi connectivity index (χ2v) is 10.2. The molecule has 5 rings (SSSR count). The summed E-state index contributed by atoms with van der Waals surface area (Å²) in [5.41, 5.74) is 8.37.